The Bertz CT molecular complexity index is 1280. The molecule has 0 bridgehead atoms. The molecule has 0 saturated carbocycles. The summed E-state index contributed by atoms with van der Waals surface area (Å²) in [6.07, 6.45) is 1.56. The Hall–Kier alpha value is -4.52. The molecule has 4 aromatic carbocycles. The normalized spacial score (nSPS) is 10.9. The maximum Gasteiger partial charge on any atom is 0.271 e. The van der Waals surface area contributed by atoms with Crippen molar-refractivity contribution in [3.8, 4) is 5.75 Å². The molecule has 0 aliphatic rings. The summed E-state index contributed by atoms with van der Waals surface area (Å²) in [6, 6.07) is 26.7. The highest BCUT2D eigenvalue weighted by Crippen LogP contribution is 2.19. The number of non-ortho nitro benzene ring substituents is 1. The standard InChI is InChI=1S/C25H19N3O4/c29-25(24-7-3-5-20-4-1-2-6-23(20)24)27-26-16-18-10-14-22(15-11-18)32-17-19-8-12-21(13-9-19)28(30)31/h1-16H,17H2,(H,27,29)/b26-16-. The number of hydrogen-bond acceptors (Lipinski definition) is 5. The number of rotatable bonds is 7. The third-order valence-electron chi connectivity index (χ3n) is 4.85. The van der Waals surface area contributed by atoms with E-state index < -0.39 is 4.92 Å². The number of fused-ring (bicyclic) bond motifs is 1. The number of carbonyl (C=O) groups excluding carboxylic acids is 1. The van der Waals surface area contributed by atoms with E-state index in [1.165, 1.54) is 12.1 Å². The zero-order valence-electron chi connectivity index (χ0n) is 17.0. The number of benzene rings is 4. The van der Waals surface area contributed by atoms with Gasteiger partial charge in [0, 0.05) is 17.7 Å². The first-order chi connectivity index (χ1) is 15.6. The fourth-order valence-corrected chi connectivity index (χ4v) is 3.18. The number of amides is 1. The monoisotopic (exact) mass is 425 g/mol. The van der Waals surface area contributed by atoms with Crippen LogP contribution in [-0.4, -0.2) is 17.0 Å². The van der Waals surface area contributed by atoms with Crippen LogP contribution in [0, 0.1) is 10.1 Å². The highest BCUT2D eigenvalue weighted by Gasteiger charge is 2.08. The summed E-state index contributed by atoms with van der Waals surface area (Å²) in [5.41, 5.74) is 4.80. The van der Waals surface area contributed by atoms with Crippen LogP contribution in [0.3, 0.4) is 0 Å². The third kappa shape index (κ3) is 4.96. The lowest BCUT2D eigenvalue weighted by molar-refractivity contribution is -0.384. The lowest BCUT2D eigenvalue weighted by atomic mass is 10.0. The number of nitrogens with one attached hydrogen (secondary N) is 1. The van der Waals surface area contributed by atoms with Crippen molar-refractivity contribution in [3.05, 3.63) is 118 Å². The van der Waals surface area contributed by atoms with E-state index >= 15 is 0 Å². The van der Waals surface area contributed by atoms with Gasteiger partial charge in [0.25, 0.3) is 11.6 Å². The summed E-state index contributed by atoms with van der Waals surface area (Å²) in [5.74, 6) is 0.376. The van der Waals surface area contributed by atoms with Gasteiger partial charge in [-0.25, -0.2) is 5.43 Å². The van der Waals surface area contributed by atoms with Crippen molar-refractivity contribution in [1.82, 2.24) is 5.43 Å². The van der Waals surface area contributed by atoms with Crippen molar-refractivity contribution < 1.29 is 14.5 Å². The van der Waals surface area contributed by atoms with Crippen LogP contribution in [0.4, 0.5) is 5.69 Å². The van der Waals surface area contributed by atoms with E-state index in [-0.39, 0.29) is 11.6 Å². The Morgan fingerprint density at radius 3 is 2.41 bits per heavy atom. The molecule has 32 heavy (non-hydrogen) atoms. The van der Waals surface area contributed by atoms with Gasteiger partial charge in [0.2, 0.25) is 0 Å². The molecule has 0 radical (unpaired) electrons. The van der Waals surface area contributed by atoms with Gasteiger partial charge in [0.1, 0.15) is 12.4 Å². The molecule has 0 aliphatic heterocycles. The second kappa shape index (κ2) is 9.53. The second-order valence-electron chi connectivity index (χ2n) is 7.01. The van der Waals surface area contributed by atoms with Crippen LogP contribution in [-0.2, 0) is 6.61 Å². The van der Waals surface area contributed by atoms with Crippen LogP contribution in [0.1, 0.15) is 21.5 Å². The van der Waals surface area contributed by atoms with Crippen molar-refractivity contribution in [3.63, 3.8) is 0 Å². The van der Waals surface area contributed by atoms with Crippen LogP contribution in [0.2, 0.25) is 0 Å². The van der Waals surface area contributed by atoms with Crippen LogP contribution in [0.15, 0.2) is 96.1 Å². The number of carbonyl (C=O) groups is 1. The minimum Gasteiger partial charge on any atom is -0.489 e. The topological polar surface area (TPSA) is 93.8 Å². The molecule has 0 fully saturated rings. The lowest BCUT2D eigenvalue weighted by Crippen LogP contribution is -2.17. The first kappa shape index (κ1) is 20.7. The predicted molar refractivity (Wildman–Crippen MR) is 123 cm³/mol. The zero-order valence-corrected chi connectivity index (χ0v) is 17.0. The summed E-state index contributed by atoms with van der Waals surface area (Å²) in [7, 11) is 0. The number of nitro benzene ring substituents is 1. The molecule has 4 aromatic rings. The molecule has 0 saturated heterocycles. The molecular weight excluding hydrogens is 406 g/mol. The number of nitro groups is 1. The van der Waals surface area contributed by atoms with Gasteiger partial charge in [-0.2, -0.15) is 5.10 Å². The van der Waals surface area contributed by atoms with Crippen molar-refractivity contribution in [1.29, 1.82) is 0 Å². The molecule has 1 N–H and O–H groups in total. The Labute approximate surface area is 184 Å². The Balaban J connectivity index is 1.33. The van der Waals surface area contributed by atoms with Crippen molar-refractivity contribution in [2.24, 2.45) is 5.10 Å². The molecule has 0 spiro atoms. The molecule has 1 amide bonds. The molecule has 0 unspecified atom stereocenters. The lowest BCUT2D eigenvalue weighted by Gasteiger charge is -2.06. The average Bonchev–Trinajstić information content (AvgIpc) is 2.83. The smallest absolute Gasteiger partial charge is 0.271 e. The van der Waals surface area contributed by atoms with E-state index in [0.717, 1.165) is 21.9 Å². The van der Waals surface area contributed by atoms with Gasteiger partial charge in [-0.1, -0.05) is 36.4 Å². The second-order valence-corrected chi connectivity index (χ2v) is 7.01. The summed E-state index contributed by atoms with van der Waals surface area (Å²) >= 11 is 0. The van der Waals surface area contributed by atoms with Gasteiger partial charge < -0.3 is 4.74 Å². The van der Waals surface area contributed by atoms with Crippen molar-refractivity contribution in [2.75, 3.05) is 0 Å². The van der Waals surface area contributed by atoms with Crippen LogP contribution >= 0.6 is 0 Å². The number of ether oxygens (including phenoxy) is 1. The van der Waals surface area contributed by atoms with E-state index in [0.29, 0.717) is 17.9 Å². The van der Waals surface area contributed by atoms with Gasteiger partial charge in [-0.05, 0) is 64.4 Å². The zero-order chi connectivity index (χ0) is 22.3. The highest BCUT2D eigenvalue weighted by atomic mass is 16.6. The third-order valence-corrected chi connectivity index (χ3v) is 4.85. The van der Waals surface area contributed by atoms with Crippen molar-refractivity contribution in [2.45, 2.75) is 6.61 Å². The first-order valence-electron chi connectivity index (χ1n) is 9.87. The largest absolute Gasteiger partial charge is 0.489 e. The van der Waals surface area contributed by atoms with E-state index in [1.807, 2.05) is 48.5 Å². The maximum atomic E-state index is 12.5. The fourth-order valence-electron chi connectivity index (χ4n) is 3.18. The van der Waals surface area contributed by atoms with Crippen LogP contribution in [0.25, 0.3) is 10.8 Å². The fraction of sp³-hybridized carbons (Fsp3) is 0.0400. The van der Waals surface area contributed by atoms with Crippen molar-refractivity contribution >= 4 is 28.6 Å². The van der Waals surface area contributed by atoms with Gasteiger partial charge in [0.05, 0.1) is 11.1 Å². The van der Waals surface area contributed by atoms with Gasteiger partial charge in [-0.3, -0.25) is 14.9 Å². The first-order valence-corrected chi connectivity index (χ1v) is 9.87. The number of nitrogens with zero attached hydrogens (tertiary/aromatic N) is 2. The molecule has 4 rings (SSSR count). The molecule has 7 nitrogen and oxygen atoms in total. The maximum absolute atomic E-state index is 12.5. The molecule has 7 heteroatoms. The van der Waals surface area contributed by atoms with E-state index in [2.05, 4.69) is 10.5 Å². The summed E-state index contributed by atoms with van der Waals surface area (Å²) in [4.78, 5) is 22.8. The van der Waals surface area contributed by atoms with Gasteiger partial charge in [-0.15, -0.1) is 0 Å². The van der Waals surface area contributed by atoms with E-state index in [1.54, 1.807) is 36.5 Å². The molecule has 0 heterocycles. The molecule has 0 aromatic heterocycles. The van der Waals surface area contributed by atoms with Gasteiger partial charge in [0.15, 0.2) is 0 Å². The Morgan fingerprint density at radius 2 is 1.66 bits per heavy atom. The minimum atomic E-state index is -0.435. The molecule has 0 aliphatic carbocycles. The van der Waals surface area contributed by atoms with E-state index in [9.17, 15) is 14.9 Å². The summed E-state index contributed by atoms with van der Waals surface area (Å²) < 4.78 is 5.70. The Kier molecular flexibility index (Phi) is 6.17. The van der Waals surface area contributed by atoms with Crippen LogP contribution in [0.5, 0.6) is 5.75 Å². The SMILES string of the molecule is O=C(N/N=C\c1ccc(OCc2ccc([N+](=O)[O-])cc2)cc1)c1cccc2ccccc12. The highest BCUT2D eigenvalue weighted by molar-refractivity contribution is 6.07. The van der Waals surface area contributed by atoms with E-state index in [4.69, 9.17) is 4.74 Å². The quantitative estimate of drug-likeness (QED) is 0.253. The van der Waals surface area contributed by atoms with Crippen LogP contribution < -0.4 is 10.2 Å². The van der Waals surface area contributed by atoms with Gasteiger partial charge >= 0.3 is 0 Å². The molecule has 158 valence electrons. The number of hydrazone groups is 1. The number of hydrogen-bond donors (Lipinski definition) is 1. The molecular formula is C25H19N3O4. The summed E-state index contributed by atoms with van der Waals surface area (Å²) in [6.45, 7) is 0.298. The predicted octanol–water partition coefficient (Wildman–Crippen LogP) is 5.09. The summed E-state index contributed by atoms with van der Waals surface area (Å²) in [5, 5.41) is 16.6. The molecule has 0 atom stereocenters. The Morgan fingerprint density at radius 1 is 0.938 bits per heavy atom. The minimum absolute atomic E-state index is 0.0462. The average molecular weight is 425 g/mol.